The molecule has 2 aromatic rings. The lowest BCUT2D eigenvalue weighted by Gasteiger charge is -2.05. The number of hydrogen-bond acceptors (Lipinski definition) is 1. The highest BCUT2D eigenvalue weighted by molar-refractivity contribution is 5.98. The SMILES string of the molecule is CC(=CC(=O)O)c1cccc2ccccc12. The number of aliphatic carboxylic acids is 1. The van der Waals surface area contributed by atoms with E-state index in [0.717, 1.165) is 21.9 Å². The van der Waals surface area contributed by atoms with Gasteiger partial charge in [0.25, 0.3) is 0 Å². The summed E-state index contributed by atoms with van der Waals surface area (Å²) in [6, 6.07) is 13.9. The molecule has 2 heteroatoms. The van der Waals surface area contributed by atoms with Gasteiger partial charge in [-0.15, -0.1) is 0 Å². The first-order valence-electron chi connectivity index (χ1n) is 5.08. The molecule has 1 N–H and O–H groups in total. The zero-order valence-corrected chi connectivity index (χ0v) is 8.97. The van der Waals surface area contributed by atoms with E-state index in [2.05, 4.69) is 0 Å². The zero-order valence-electron chi connectivity index (χ0n) is 8.97. The second-order valence-corrected chi connectivity index (χ2v) is 3.69. The van der Waals surface area contributed by atoms with Crippen molar-refractivity contribution < 1.29 is 9.90 Å². The summed E-state index contributed by atoms with van der Waals surface area (Å²) in [6.07, 6.45) is 1.24. The van der Waals surface area contributed by atoms with E-state index in [-0.39, 0.29) is 0 Å². The lowest BCUT2D eigenvalue weighted by atomic mass is 9.99. The summed E-state index contributed by atoms with van der Waals surface area (Å²) < 4.78 is 0. The van der Waals surface area contributed by atoms with Crippen LogP contribution in [0.2, 0.25) is 0 Å². The second kappa shape index (κ2) is 4.19. The zero-order chi connectivity index (χ0) is 11.5. The standard InChI is InChI=1S/C14H12O2/c1-10(9-14(15)16)12-8-4-6-11-5-2-3-7-13(11)12/h2-9H,1H3,(H,15,16). The fourth-order valence-electron chi connectivity index (χ4n) is 1.83. The van der Waals surface area contributed by atoms with Crippen LogP contribution in [-0.4, -0.2) is 11.1 Å². The van der Waals surface area contributed by atoms with E-state index in [1.165, 1.54) is 6.08 Å². The Morgan fingerprint density at radius 2 is 1.81 bits per heavy atom. The third kappa shape index (κ3) is 1.96. The topological polar surface area (TPSA) is 37.3 Å². The van der Waals surface area contributed by atoms with Gasteiger partial charge in [-0.25, -0.2) is 4.79 Å². The molecule has 0 heterocycles. The number of carboxylic acid groups (broad SMARTS) is 1. The molecule has 2 aromatic carbocycles. The Morgan fingerprint density at radius 3 is 2.56 bits per heavy atom. The maximum absolute atomic E-state index is 10.6. The fraction of sp³-hybridized carbons (Fsp3) is 0.0714. The number of carbonyl (C=O) groups is 1. The molecule has 0 fully saturated rings. The number of hydrogen-bond donors (Lipinski definition) is 1. The fourth-order valence-corrected chi connectivity index (χ4v) is 1.83. The van der Waals surface area contributed by atoms with Gasteiger partial charge in [-0.3, -0.25) is 0 Å². The summed E-state index contributed by atoms with van der Waals surface area (Å²) in [5.74, 6) is -0.912. The van der Waals surface area contributed by atoms with Crippen LogP contribution in [0.25, 0.3) is 16.3 Å². The van der Waals surface area contributed by atoms with Gasteiger partial charge in [0.1, 0.15) is 0 Å². The van der Waals surface area contributed by atoms with E-state index in [4.69, 9.17) is 5.11 Å². The number of benzene rings is 2. The Hall–Kier alpha value is -2.09. The van der Waals surface area contributed by atoms with Crippen molar-refractivity contribution in [3.05, 3.63) is 54.1 Å². The molecule has 2 nitrogen and oxygen atoms in total. The first kappa shape index (κ1) is 10.4. The molecule has 0 aliphatic carbocycles. The molecule has 0 atom stereocenters. The van der Waals surface area contributed by atoms with Crippen LogP contribution in [0.3, 0.4) is 0 Å². The van der Waals surface area contributed by atoms with Crippen LogP contribution in [-0.2, 0) is 4.79 Å². The molecule has 0 aromatic heterocycles. The molecule has 0 aliphatic rings. The maximum atomic E-state index is 10.6. The van der Waals surface area contributed by atoms with E-state index in [1.54, 1.807) is 0 Å². The number of fused-ring (bicyclic) bond motifs is 1. The lowest BCUT2D eigenvalue weighted by Crippen LogP contribution is -1.90. The molecular formula is C14H12O2. The second-order valence-electron chi connectivity index (χ2n) is 3.69. The predicted octanol–water partition coefficient (Wildman–Crippen LogP) is 3.33. The normalized spacial score (nSPS) is 11.7. The Kier molecular flexibility index (Phi) is 2.73. The van der Waals surface area contributed by atoms with Gasteiger partial charge in [0, 0.05) is 6.08 Å². The summed E-state index contributed by atoms with van der Waals surface area (Å²) in [5, 5.41) is 10.9. The Labute approximate surface area is 93.8 Å². The predicted molar refractivity (Wildman–Crippen MR) is 65.2 cm³/mol. The third-order valence-corrected chi connectivity index (χ3v) is 2.55. The third-order valence-electron chi connectivity index (χ3n) is 2.55. The summed E-state index contributed by atoms with van der Waals surface area (Å²) in [7, 11) is 0. The summed E-state index contributed by atoms with van der Waals surface area (Å²) >= 11 is 0. The largest absolute Gasteiger partial charge is 0.478 e. The lowest BCUT2D eigenvalue weighted by molar-refractivity contribution is -0.131. The minimum Gasteiger partial charge on any atom is -0.478 e. The number of allylic oxidation sites excluding steroid dienone is 1. The monoisotopic (exact) mass is 212 g/mol. The molecule has 0 spiro atoms. The van der Waals surface area contributed by atoms with E-state index >= 15 is 0 Å². The van der Waals surface area contributed by atoms with E-state index < -0.39 is 5.97 Å². The van der Waals surface area contributed by atoms with Crippen LogP contribution < -0.4 is 0 Å². The van der Waals surface area contributed by atoms with Crippen LogP contribution in [0.4, 0.5) is 0 Å². The molecule has 2 rings (SSSR count). The molecule has 0 aliphatic heterocycles. The van der Waals surface area contributed by atoms with Gasteiger partial charge in [-0.1, -0.05) is 42.5 Å². The van der Waals surface area contributed by atoms with Crippen molar-refractivity contribution in [3.63, 3.8) is 0 Å². The van der Waals surface area contributed by atoms with Crippen molar-refractivity contribution in [1.29, 1.82) is 0 Å². The van der Waals surface area contributed by atoms with Gasteiger partial charge >= 0.3 is 5.97 Å². The summed E-state index contributed by atoms with van der Waals surface area (Å²) in [4.78, 5) is 10.6. The highest BCUT2D eigenvalue weighted by atomic mass is 16.4. The molecule has 0 unspecified atom stereocenters. The maximum Gasteiger partial charge on any atom is 0.328 e. The quantitative estimate of drug-likeness (QED) is 0.775. The van der Waals surface area contributed by atoms with Crippen LogP contribution in [0.1, 0.15) is 12.5 Å². The van der Waals surface area contributed by atoms with Crippen molar-refractivity contribution >= 4 is 22.3 Å². The van der Waals surface area contributed by atoms with E-state index in [0.29, 0.717) is 0 Å². The molecule has 0 amide bonds. The molecule has 0 saturated carbocycles. The van der Waals surface area contributed by atoms with Crippen molar-refractivity contribution in [2.24, 2.45) is 0 Å². The summed E-state index contributed by atoms with van der Waals surface area (Å²) in [5.41, 5.74) is 1.74. The van der Waals surface area contributed by atoms with Crippen LogP contribution >= 0.6 is 0 Å². The average molecular weight is 212 g/mol. The van der Waals surface area contributed by atoms with Gasteiger partial charge in [-0.05, 0) is 28.8 Å². The van der Waals surface area contributed by atoms with E-state index in [1.807, 2.05) is 49.4 Å². The Balaban J connectivity index is 2.65. The van der Waals surface area contributed by atoms with Gasteiger partial charge in [0.2, 0.25) is 0 Å². The molecule has 80 valence electrons. The molecular weight excluding hydrogens is 200 g/mol. The molecule has 16 heavy (non-hydrogen) atoms. The Bertz CT molecular complexity index is 562. The van der Waals surface area contributed by atoms with Gasteiger partial charge < -0.3 is 5.11 Å². The minimum absolute atomic E-state index is 0.768. The van der Waals surface area contributed by atoms with Crippen molar-refractivity contribution in [2.45, 2.75) is 6.92 Å². The highest BCUT2D eigenvalue weighted by Crippen LogP contribution is 2.24. The van der Waals surface area contributed by atoms with Crippen LogP contribution in [0.15, 0.2) is 48.5 Å². The van der Waals surface area contributed by atoms with Crippen LogP contribution in [0.5, 0.6) is 0 Å². The molecule has 0 saturated heterocycles. The smallest absolute Gasteiger partial charge is 0.328 e. The molecule has 0 radical (unpaired) electrons. The van der Waals surface area contributed by atoms with Crippen molar-refractivity contribution in [1.82, 2.24) is 0 Å². The van der Waals surface area contributed by atoms with Gasteiger partial charge in [0.05, 0.1) is 0 Å². The average Bonchev–Trinajstić information content (AvgIpc) is 2.27. The van der Waals surface area contributed by atoms with E-state index in [9.17, 15) is 4.79 Å². The first-order valence-corrected chi connectivity index (χ1v) is 5.08. The van der Waals surface area contributed by atoms with Gasteiger partial charge in [0.15, 0.2) is 0 Å². The van der Waals surface area contributed by atoms with Crippen LogP contribution in [0, 0.1) is 0 Å². The first-order chi connectivity index (χ1) is 7.68. The number of carboxylic acids is 1. The van der Waals surface area contributed by atoms with Gasteiger partial charge in [-0.2, -0.15) is 0 Å². The van der Waals surface area contributed by atoms with Crippen molar-refractivity contribution in [2.75, 3.05) is 0 Å². The Morgan fingerprint density at radius 1 is 1.12 bits per heavy atom. The highest BCUT2D eigenvalue weighted by Gasteiger charge is 2.03. The minimum atomic E-state index is -0.912. The van der Waals surface area contributed by atoms with Crippen molar-refractivity contribution in [3.8, 4) is 0 Å². The number of rotatable bonds is 2. The summed E-state index contributed by atoms with van der Waals surface area (Å²) in [6.45, 7) is 1.82. The molecule has 0 bridgehead atoms.